The van der Waals surface area contributed by atoms with E-state index in [0.717, 1.165) is 29.1 Å². The van der Waals surface area contributed by atoms with Crippen molar-refractivity contribution in [2.45, 2.75) is 34.1 Å². The number of carbonyl (C=O) groups excluding carboxylic acids is 1. The highest BCUT2D eigenvalue weighted by molar-refractivity contribution is 5.95. The summed E-state index contributed by atoms with van der Waals surface area (Å²) in [6.45, 7) is 8.95. The molecule has 0 unspecified atom stereocenters. The Balaban J connectivity index is 1.87. The Morgan fingerprint density at radius 3 is 2.58 bits per heavy atom. The van der Waals surface area contributed by atoms with Gasteiger partial charge in [-0.3, -0.25) is 4.79 Å². The first-order chi connectivity index (χ1) is 11.5. The van der Waals surface area contributed by atoms with E-state index in [1.54, 1.807) is 30.5 Å². The summed E-state index contributed by atoms with van der Waals surface area (Å²) in [6, 6.07) is 9.06. The quantitative estimate of drug-likeness (QED) is 0.600. The van der Waals surface area contributed by atoms with Crippen molar-refractivity contribution in [1.29, 1.82) is 0 Å². The molecule has 0 atom stereocenters. The number of amides is 1. The molecule has 24 heavy (non-hydrogen) atoms. The topological polar surface area (TPSA) is 66.5 Å². The average molecular weight is 327 g/mol. The highest BCUT2D eigenvalue weighted by Crippen LogP contribution is 2.13. The minimum atomic E-state index is -0.245. The molecule has 1 amide bonds. The number of H-pyrrole nitrogens is 1. The molecule has 2 N–H and O–H groups in total. The summed E-state index contributed by atoms with van der Waals surface area (Å²) < 4.78 is 5.64. The molecular formula is C19H25N3O2. The van der Waals surface area contributed by atoms with Gasteiger partial charge in [0.2, 0.25) is 0 Å². The molecule has 5 nitrogen and oxygen atoms in total. The van der Waals surface area contributed by atoms with Crippen molar-refractivity contribution >= 4 is 12.1 Å². The molecule has 2 aromatic rings. The maximum absolute atomic E-state index is 12.1. The standard InChI is InChI=1S/C19H25N3O2/c1-13(2)9-10-24-18-7-5-16(6-8-18)19(23)22-20-12-17-11-14(3)21-15(17)4/h5-8,11-13,21H,9-10H2,1-4H3,(H,22,23)/b20-12+. The second-order valence-corrected chi connectivity index (χ2v) is 6.29. The van der Waals surface area contributed by atoms with Gasteiger partial charge in [0.1, 0.15) is 5.75 Å². The van der Waals surface area contributed by atoms with Crippen LogP contribution in [0.5, 0.6) is 5.75 Å². The summed E-state index contributed by atoms with van der Waals surface area (Å²) in [6.07, 6.45) is 2.65. The van der Waals surface area contributed by atoms with Crippen LogP contribution < -0.4 is 10.2 Å². The Hall–Kier alpha value is -2.56. The van der Waals surface area contributed by atoms with E-state index in [0.29, 0.717) is 18.1 Å². The Kier molecular flexibility index (Phi) is 6.18. The summed E-state index contributed by atoms with van der Waals surface area (Å²) in [4.78, 5) is 15.3. The first-order valence-electron chi connectivity index (χ1n) is 8.18. The van der Waals surface area contributed by atoms with E-state index in [9.17, 15) is 4.79 Å². The van der Waals surface area contributed by atoms with Crippen molar-refractivity contribution in [3.8, 4) is 5.75 Å². The van der Waals surface area contributed by atoms with E-state index >= 15 is 0 Å². The van der Waals surface area contributed by atoms with Gasteiger partial charge < -0.3 is 9.72 Å². The van der Waals surface area contributed by atoms with Gasteiger partial charge >= 0.3 is 0 Å². The third-order valence-electron chi connectivity index (χ3n) is 3.64. The van der Waals surface area contributed by atoms with Gasteiger partial charge in [-0.1, -0.05) is 13.8 Å². The van der Waals surface area contributed by atoms with Crippen molar-refractivity contribution in [2.75, 3.05) is 6.61 Å². The largest absolute Gasteiger partial charge is 0.494 e. The lowest BCUT2D eigenvalue weighted by atomic mass is 10.1. The molecule has 0 aliphatic carbocycles. The van der Waals surface area contributed by atoms with Crippen molar-refractivity contribution in [3.05, 3.63) is 52.8 Å². The number of ether oxygens (including phenoxy) is 1. The number of nitrogens with zero attached hydrogens (tertiary/aromatic N) is 1. The molecule has 1 aromatic carbocycles. The molecule has 1 aromatic heterocycles. The Morgan fingerprint density at radius 2 is 2.00 bits per heavy atom. The molecule has 0 saturated heterocycles. The van der Waals surface area contributed by atoms with E-state index in [2.05, 4.69) is 29.4 Å². The van der Waals surface area contributed by atoms with Gasteiger partial charge in [0.05, 0.1) is 12.8 Å². The highest BCUT2D eigenvalue weighted by Gasteiger charge is 2.05. The molecule has 0 bridgehead atoms. The molecule has 0 saturated carbocycles. The second kappa shape index (κ2) is 8.34. The Morgan fingerprint density at radius 1 is 1.29 bits per heavy atom. The predicted octanol–water partition coefficient (Wildman–Crippen LogP) is 3.82. The number of aromatic amines is 1. The lowest BCUT2D eigenvalue weighted by Crippen LogP contribution is -2.17. The second-order valence-electron chi connectivity index (χ2n) is 6.29. The normalized spacial score (nSPS) is 11.2. The van der Waals surface area contributed by atoms with Crippen LogP contribution >= 0.6 is 0 Å². The minimum absolute atomic E-state index is 0.245. The number of hydrazone groups is 1. The van der Waals surface area contributed by atoms with E-state index in [1.807, 2.05) is 19.9 Å². The molecule has 0 spiro atoms. The van der Waals surface area contributed by atoms with Crippen LogP contribution in [0.2, 0.25) is 0 Å². The van der Waals surface area contributed by atoms with Gasteiger partial charge in [-0.25, -0.2) is 5.43 Å². The van der Waals surface area contributed by atoms with Gasteiger partial charge in [-0.05, 0) is 56.5 Å². The van der Waals surface area contributed by atoms with Gasteiger partial charge in [0.25, 0.3) is 5.91 Å². The minimum Gasteiger partial charge on any atom is -0.494 e. The fourth-order valence-electron chi connectivity index (χ4n) is 2.22. The molecule has 0 aliphatic heterocycles. The van der Waals surface area contributed by atoms with Crippen molar-refractivity contribution in [2.24, 2.45) is 11.0 Å². The molecular weight excluding hydrogens is 302 g/mol. The average Bonchev–Trinajstić information content (AvgIpc) is 2.85. The SMILES string of the molecule is Cc1cc(/C=N/NC(=O)c2ccc(OCCC(C)C)cc2)c(C)[nH]1. The van der Waals surface area contributed by atoms with Crippen LogP contribution in [0, 0.1) is 19.8 Å². The van der Waals surface area contributed by atoms with Crippen LogP contribution in [0.15, 0.2) is 35.4 Å². The van der Waals surface area contributed by atoms with Crippen LogP contribution in [0.25, 0.3) is 0 Å². The van der Waals surface area contributed by atoms with Crippen molar-refractivity contribution in [3.63, 3.8) is 0 Å². The van der Waals surface area contributed by atoms with Gasteiger partial charge in [-0.15, -0.1) is 0 Å². The van der Waals surface area contributed by atoms with Gasteiger partial charge in [-0.2, -0.15) is 5.10 Å². The first-order valence-corrected chi connectivity index (χ1v) is 8.18. The molecule has 0 radical (unpaired) electrons. The van der Waals surface area contributed by atoms with Crippen LogP contribution in [0.3, 0.4) is 0 Å². The van der Waals surface area contributed by atoms with Gasteiger partial charge in [0, 0.05) is 22.5 Å². The number of aromatic nitrogens is 1. The number of rotatable bonds is 7. The zero-order valence-electron chi connectivity index (χ0n) is 14.7. The van der Waals surface area contributed by atoms with E-state index < -0.39 is 0 Å². The van der Waals surface area contributed by atoms with Crippen molar-refractivity contribution < 1.29 is 9.53 Å². The van der Waals surface area contributed by atoms with Crippen LogP contribution in [0.4, 0.5) is 0 Å². The molecule has 5 heteroatoms. The summed E-state index contributed by atoms with van der Waals surface area (Å²) in [5, 5.41) is 4.01. The maximum atomic E-state index is 12.1. The highest BCUT2D eigenvalue weighted by atomic mass is 16.5. The summed E-state index contributed by atoms with van der Waals surface area (Å²) in [5.74, 6) is 1.14. The Bertz CT molecular complexity index is 700. The summed E-state index contributed by atoms with van der Waals surface area (Å²) in [5.41, 5.74) is 6.13. The van der Waals surface area contributed by atoms with Crippen LogP contribution in [-0.2, 0) is 0 Å². The smallest absolute Gasteiger partial charge is 0.271 e. The number of hydrogen-bond donors (Lipinski definition) is 2. The maximum Gasteiger partial charge on any atom is 0.271 e. The summed E-state index contributed by atoms with van der Waals surface area (Å²) in [7, 11) is 0. The number of aryl methyl sites for hydroxylation is 2. The first kappa shape index (κ1) is 17.8. The molecule has 1 heterocycles. The fraction of sp³-hybridized carbons (Fsp3) is 0.368. The van der Waals surface area contributed by atoms with Crippen LogP contribution in [-0.4, -0.2) is 23.7 Å². The zero-order chi connectivity index (χ0) is 17.5. The van der Waals surface area contributed by atoms with E-state index in [-0.39, 0.29) is 5.91 Å². The van der Waals surface area contributed by atoms with Crippen molar-refractivity contribution in [1.82, 2.24) is 10.4 Å². The summed E-state index contributed by atoms with van der Waals surface area (Å²) >= 11 is 0. The lowest BCUT2D eigenvalue weighted by molar-refractivity contribution is 0.0955. The fourth-order valence-corrected chi connectivity index (χ4v) is 2.22. The zero-order valence-corrected chi connectivity index (χ0v) is 14.7. The third kappa shape index (κ3) is 5.26. The third-order valence-corrected chi connectivity index (χ3v) is 3.64. The predicted molar refractivity (Wildman–Crippen MR) is 96.7 cm³/mol. The molecule has 0 fully saturated rings. The van der Waals surface area contributed by atoms with Gasteiger partial charge in [0.15, 0.2) is 0 Å². The van der Waals surface area contributed by atoms with E-state index in [4.69, 9.17) is 4.74 Å². The number of nitrogens with one attached hydrogen (secondary N) is 2. The monoisotopic (exact) mass is 327 g/mol. The lowest BCUT2D eigenvalue weighted by Gasteiger charge is -2.08. The molecule has 128 valence electrons. The number of benzene rings is 1. The number of hydrogen-bond acceptors (Lipinski definition) is 3. The molecule has 0 aliphatic rings. The van der Waals surface area contributed by atoms with E-state index in [1.165, 1.54) is 0 Å². The Labute approximate surface area is 143 Å². The van der Waals surface area contributed by atoms with Crippen LogP contribution in [0.1, 0.15) is 47.6 Å². The molecule has 2 rings (SSSR count). The number of carbonyl (C=O) groups is 1.